The highest BCUT2D eigenvalue weighted by Gasteiger charge is 2.31. The van der Waals surface area contributed by atoms with Crippen molar-refractivity contribution in [3.8, 4) is 0 Å². The summed E-state index contributed by atoms with van der Waals surface area (Å²) in [5.74, 6) is 0. The van der Waals surface area contributed by atoms with Gasteiger partial charge in [-0.2, -0.15) is 0 Å². The van der Waals surface area contributed by atoms with Gasteiger partial charge in [0.05, 0.1) is 6.10 Å². The first-order chi connectivity index (χ1) is 7.51. The van der Waals surface area contributed by atoms with Crippen molar-refractivity contribution in [2.75, 3.05) is 0 Å². The Morgan fingerprint density at radius 3 is 2.69 bits per heavy atom. The summed E-state index contributed by atoms with van der Waals surface area (Å²) in [5, 5.41) is 9.10. The van der Waals surface area contributed by atoms with E-state index in [0.717, 1.165) is 11.3 Å². The predicted molar refractivity (Wildman–Crippen MR) is 63.0 cm³/mol. The third-order valence-corrected chi connectivity index (χ3v) is 5.93. The molecule has 0 aliphatic heterocycles. The van der Waals surface area contributed by atoms with Gasteiger partial charge in [-0.1, -0.05) is 6.92 Å². The zero-order valence-corrected chi connectivity index (χ0v) is 10.6. The maximum atomic E-state index is 11.9. The van der Waals surface area contributed by atoms with Crippen LogP contribution in [0.4, 0.5) is 0 Å². The van der Waals surface area contributed by atoms with Crippen LogP contribution >= 0.6 is 11.3 Å². The van der Waals surface area contributed by atoms with Crippen molar-refractivity contribution in [1.82, 2.24) is 4.72 Å². The fourth-order valence-electron chi connectivity index (χ4n) is 1.65. The molecule has 1 heterocycles. The summed E-state index contributed by atoms with van der Waals surface area (Å²) < 4.78 is 26.7. The minimum atomic E-state index is -3.38. The lowest BCUT2D eigenvalue weighted by Gasteiger charge is -2.31. The van der Waals surface area contributed by atoms with E-state index in [9.17, 15) is 8.42 Å². The number of hydrogen-bond acceptors (Lipinski definition) is 4. The summed E-state index contributed by atoms with van der Waals surface area (Å²) in [6, 6.07) is 3.38. The molecule has 90 valence electrons. The molecule has 4 nitrogen and oxygen atoms in total. The smallest absolute Gasteiger partial charge is 0.250 e. The van der Waals surface area contributed by atoms with Crippen LogP contribution in [0, 0.1) is 0 Å². The summed E-state index contributed by atoms with van der Waals surface area (Å²) in [5.41, 5.74) is 0. The Hall–Kier alpha value is -0.430. The van der Waals surface area contributed by atoms with Crippen molar-refractivity contribution >= 4 is 21.4 Å². The maximum Gasteiger partial charge on any atom is 0.250 e. The van der Waals surface area contributed by atoms with Crippen molar-refractivity contribution in [2.45, 2.75) is 42.5 Å². The molecule has 16 heavy (non-hydrogen) atoms. The molecule has 0 saturated heterocycles. The van der Waals surface area contributed by atoms with Gasteiger partial charge >= 0.3 is 0 Å². The van der Waals surface area contributed by atoms with Gasteiger partial charge < -0.3 is 5.11 Å². The molecule has 0 amide bonds. The van der Waals surface area contributed by atoms with Crippen LogP contribution in [0.25, 0.3) is 0 Å². The Morgan fingerprint density at radius 2 is 2.19 bits per heavy atom. The Labute approximate surface area is 99.4 Å². The van der Waals surface area contributed by atoms with Gasteiger partial charge in [-0.25, -0.2) is 13.1 Å². The zero-order valence-electron chi connectivity index (χ0n) is 9.01. The lowest BCUT2D eigenvalue weighted by molar-refractivity contribution is 0.0712. The van der Waals surface area contributed by atoms with E-state index in [4.69, 9.17) is 5.11 Å². The van der Waals surface area contributed by atoms with Crippen LogP contribution in [-0.4, -0.2) is 25.7 Å². The molecule has 1 aliphatic rings. The second-order valence-electron chi connectivity index (χ2n) is 4.02. The Kier molecular flexibility index (Phi) is 3.34. The first kappa shape index (κ1) is 12.0. The standard InChI is InChI=1S/C10H15NO3S2/c1-2-9-3-4-10(15-9)16(13,14)11-7-5-8(12)6-7/h3-4,7-8,11-12H,2,5-6H2,1H3. The van der Waals surface area contributed by atoms with Crippen LogP contribution < -0.4 is 4.72 Å². The average Bonchev–Trinajstić information content (AvgIpc) is 2.63. The minimum absolute atomic E-state index is 0.104. The third-order valence-electron chi connectivity index (χ3n) is 2.69. The molecule has 0 radical (unpaired) electrons. The Morgan fingerprint density at radius 1 is 1.50 bits per heavy atom. The number of sulfonamides is 1. The van der Waals surface area contributed by atoms with Crippen molar-refractivity contribution in [3.63, 3.8) is 0 Å². The predicted octanol–water partition coefficient (Wildman–Crippen LogP) is 1.11. The molecule has 2 rings (SSSR count). The van der Waals surface area contributed by atoms with Crippen molar-refractivity contribution in [2.24, 2.45) is 0 Å². The van der Waals surface area contributed by atoms with Crippen molar-refractivity contribution in [1.29, 1.82) is 0 Å². The zero-order chi connectivity index (χ0) is 11.8. The molecule has 1 saturated carbocycles. The first-order valence-corrected chi connectivity index (χ1v) is 7.60. The molecule has 1 aromatic rings. The van der Waals surface area contributed by atoms with Gasteiger partial charge in [0.1, 0.15) is 4.21 Å². The van der Waals surface area contributed by atoms with Gasteiger partial charge in [-0.05, 0) is 31.4 Å². The van der Waals surface area contributed by atoms with E-state index in [-0.39, 0.29) is 12.1 Å². The molecule has 0 unspecified atom stereocenters. The molecule has 6 heteroatoms. The molecule has 2 N–H and O–H groups in total. The molecule has 1 aliphatic carbocycles. The van der Waals surface area contributed by atoms with Crippen LogP contribution in [0.2, 0.25) is 0 Å². The largest absolute Gasteiger partial charge is 0.393 e. The maximum absolute atomic E-state index is 11.9. The number of aliphatic hydroxyl groups is 1. The average molecular weight is 261 g/mol. The van der Waals surface area contributed by atoms with E-state index in [1.54, 1.807) is 6.07 Å². The summed E-state index contributed by atoms with van der Waals surface area (Å²) in [6.07, 6.45) is 1.54. The number of nitrogens with one attached hydrogen (secondary N) is 1. The number of rotatable bonds is 4. The second kappa shape index (κ2) is 4.44. The number of hydrogen-bond donors (Lipinski definition) is 2. The van der Waals surface area contributed by atoms with E-state index < -0.39 is 10.0 Å². The Bertz CT molecular complexity index is 460. The lowest BCUT2D eigenvalue weighted by atomic mass is 9.91. The molecule has 0 atom stereocenters. The van der Waals surface area contributed by atoms with Crippen LogP contribution in [0.3, 0.4) is 0 Å². The van der Waals surface area contributed by atoms with Gasteiger partial charge in [0.15, 0.2) is 0 Å². The molecule has 0 aromatic carbocycles. The first-order valence-electron chi connectivity index (χ1n) is 5.30. The highest BCUT2D eigenvalue weighted by atomic mass is 32.2. The summed E-state index contributed by atoms with van der Waals surface area (Å²) in [7, 11) is -3.38. The number of thiophene rings is 1. The van der Waals surface area contributed by atoms with E-state index in [1.165, 1.54) is 11.3 Å². The van der Waals surface area contributed by atoms with Crippen LogP contribution in [0.1, 0.15) is 24.6 Å². The second-order valence-corrected chi connectivity index (χ2v) is 7.13. The molecule has 1 aromatic heterocycles. The van der Waals surface area contributed by atoms with E-state index in [1.807, 2.05) is 13.0 Å². The van der Waals surface area contributed by atoms with Gasteiger partial charge in [0.2, 0.25) is 10.0 Å². The third kappa shape index (κ3) is 2.45. The van der Waals surface area contributed by atoms with Crippen LogP contribution in [-0.2, 0) is 16.4 Å². The monoisotopic (exact) mass is 261 g/mol. The van der Waals surface area contributed by atoms with Crippen molar-refractivity contribution < 1.29 is 13.5 Å². The topological polar surface area (TPSA) is 66.4 Å². The number of aryl methyl sites for hydroxylation is 1. The molecule has 0 bridgehead atoms. The summed E-state index contributed by atoms with van der Waals surface area (Å²) >= 11 is 1.30. The van der Waals surface area contributed by atoms with E-state index >= 15 is 0 Å². The van der Waals surface area contributed by atoms with E-state index in [2.05, 4.69) is 4.72 Å². The van der Waals surface area contributed by atoms with Gasteiger partial charge in [0, 0.05) is 10.9 Å². The highest BCUT2D eigenvalue weighted by Crippen LogP contribution is 2.25. The van der Waals surface area contributed by atoms with E-state index in [0.29, 0.717) is 17.1 Å². The van der Waals surface area contributed by atoms with Gasteiger partial charge in [0.25, 0.3) is 0 Å². The highest BCUT2D eigenvalue weighted by molar-refractivity contribution is 7.91. The minimum Gasteiger partial charge on any atom is -0.393 e. The Balaban J connectivity index is 2.06. The van der Waals surface area contributed by atoms with Crippen LogP contribution in [0.15, 0.2) is 16.3 Å². The SMILES string of the molecule is CCc1ccc(S(=O)(=O)NC2CC(O)C2)s1. The molecule has 1 fully saturated rings. The lowest BCUT2D eigenvalue weighted by Crippen LogP contribution is -2.46. The molecular formula is C10H15NO3S2. The fraction of sp³-hybridized carbons (Fsp3) is 0.600. The van der Waals surface area contributed by atoms with Crippen LogP contribution in [0.5, 0.6) is 0 Å². The molecule has 0 spiro atoms. The number of aliphatic hydroxyl groups excluding tert-OH is 1. The molecular weight excluding hydrogens is 246 g/mol. The van der Waals surface area contributed by atoms with Gasteiger partial charge in [-0.15, -0.1) is 11.3 Å². The normalized spacial score (nSPS) is 25.4. The van der Waals surface area contributed by atoms with Gasteiger partial charge in [-0.3, -0.25) is 0 Å². The summed E-state index contributed by atoms with van der Waals surface area (Å²) in [6.45, 7) is 2.00. The van der Waals surface area contributed by atoms with Crippen molar-refractivity contribution in [3.05, 3.63) is 17.0 Å². The quantitative estimate of drug-likeness (QED) is 0.853. The summed E-state index contributed by atoms with van der Waals surface area (Å²) in [4.78, 5) is 1.06. The fourth-order valence-corrected chi connectivity index (χ4v) is 4.23.